The fraction of sp³-hybridized carbons (Fsp3) is 0.500. The molecule has 2 bridgehead atoms. The van der Waals surface area contributed by atoms with Crippen molar-refractivity contribution < 1.29 is 0 Å². The van der Waals surface area contributed by atoms with Gasteiger partial charge in [-0.2, -0.15) is 0 Å². The van der Waals surface area contributed by atoms with Crippen LogP contribution in [0.2, 0.25) is 0 Å². The first-order valence-corrected chi connectivity index (χ1v) is 3.64. The molecule has 0 saturated heterocycles. The van der Waals surface area contributed by atoms with Crippen LogP contribution in [-0.4, -0.2) is 14.1 Å². The van der Waals surface area contributed by atoms with Crippen LogP contribution < -0.4 is 17.1 Å². The summed E-state index contributed by atoms with van der Waals surface area (Å²) in [6.45, 7) is 0.795. The largest absolute Gasteiger partial charge is 0.336 e. The van der Waals surface area contributed by atoms with Crippen LogP contribution in [0.15, 0.2) is 14.4 Å². The summed E-state index contributed by atoms with van der Waals surface area (Å²) in [6, 6.07) is 0. The van der Waals surface area contributed by atoms with Gasteiger partial charge >= 0.3 is 17.1 Å². The molecule has 0 saturated carbocycles. The second kappa shape index (κ2) is 2.20. The van der Waals surface area contributed by atoms with Crippen molar-refractivity contribution in [1.29, 1.82) is 0 Å². The highest BCUT2D eigenvalue weighted by molar-refractivity contribution is 4.77. The predicted octanol–water partition coefficient (Wildman–Crippen LogP) is -1.90. The first-order valence-electron chi connectivity index (χ1n) is 3.64. The smallest absolute Gasteiger partial charge is 0.259 e. The Morgan fingerprint density at radius 1 is 1.00 bits per heavy atom. The molecule has 12 heavy (non-hydrogen) atoms. The number of fused-ring (bicyclic) bond motifs is 2. The molecule has 0 radical (unpaired) electrons. The summed E-state index contributed by atoms with van der Waals surface area (Å²) in [6.07, 6.45) is 0.658. The average Bonchev–Trinajstić information content (AvgIpc) is 2.01. The van der Waals surface area contributed by atoms with Crippen LogP contribution >= 0.6 is 0 Å². The molecule has 0 fully saturated rings. The molecular weight excluding hydrogens is 162 g/mol. The second-order valence-corrected chi connectivity index (χ2v) is 2.67. The minimum Gasteiger partial charge on any atom is -0.259 e. The van der Waals surface area contributed by atoms with Crippen LogP contribution in [0.1, 0.15) is 6.42 Å². The summed E-state index contributed by atoms with van der Waals surface area (Å²) in [5.74, 6) is 0. The van der Waals surface area contributed by atoms with Crippen LogP contribution in [0.4, 0.5) is 0 Å². The summed E-state index contributed by atoms with van der Waals surface area (Å²) >= 11 is 0. The predicted molar refractivity (Wildman–Crippen MR) is 40.2 cm³/mol. The molecule has 1 aliphatic heterocycles. The normalized spacial score (nSPS) is 14.7. The monoisotopic (exact) mass is 169 g/mol. The van der Waals surface area contributed by atoms with Crippen molar-refractivity contribution in [1.82, 2.24) is 14.1 Å². The van der Waals surface area contributed by atoms with E-state index in [1.54, 1.807) is 0 Å². The van der Waals surface area contributed by atoms with Crippen molar-refractivity contribution in [2.24, 2.45) is 0 Å². The molecule has 1 N–H and O–H groups in total. The van der Waals surface area contributed by atoms with Gasteiger partial charge in [-0.1, -0.05) is 0 Å². The van der Waals surface area contributed by atoms with Gasteiger partial charge in [-0.05, 0) is 6.42 Å². The number of rotatable bonds is 0. The molecule has 1 aromatic rings. The van der Waals surface area contributed by atoms with Gasteiger partial charge in [0, 0.05) is 13.1 Å². The van der Waals surface area contributed by atoms with Gasteiger partial charge in [0.1, 0.15) is 0 Å². The summed E-state index contributed by atoms with van der Waals surface area (Å²) < 4.78 is 2.07. The zero-order chi connectivity index (χ0) is 8.72. The first kappa shape index (κ1) is 7.08. The number of aromatic nitrogens is 3. The Morgan fingerprint density at radius 2 is 1.50 bits per heavy atom. The number of aromatic amines is 1. The highest BCUT2D eigenvalue weighted by Gasteiger charge is 2.13. The molecule has 64 valence electrons. The maximum absolute atomic E-state index is 11.2. The molecule has 0 unspecified atom stereocenters. The summed E-state index contributed by atoms with van der Waals surface area (Å²) in [5, 5.41) is 0. The van der Waals surface area contributed by atoms with E-state index in [9.17, 15) is 14.4 Å². The number of H-pyrrole nitrogens is 1. The zero-order valence-electron chi connectivity index (χ0n) is 6.24. The lowest BCUT2D eigenvalue weighted by Crippen LogP contribution is -2.52. The van der Waals surface area contributed by atoms with E-state index in [-0.39, 0.29) is 0 Å². The van der Waals surface area contributed by atoms with Crippen LogP contribution in [0.25, 0.3) is 0 Å². The van der Waals surface area contributed by atoms with E-state index in [0.717, 1.165) is 9.13 Å². The molecule has 0 amide bonds. The Bertz CT molecular complexity index is 439. The van der Waals surface area contributed by atoms with Gasteiger partial charge in [0.15, 0.2) is 0 Å². The number of hydrogen-bond donors (Lipinski definition) is 1. The van der Waals surface area contributed by atoms with Crippen LogP contribution in [0.5, 0.6) is 0 Å². The Morgan fingerprint density at radius 3 is 2.00 bits per heavy atom. The highest BCUT2D eigenvalue weighted by Crippen LogP contribution is 1.89. The lowest BCUT2D eigenvalue weighted by molar-refractivity contribution is 0.413. The van der Waals surface area contributed by atoms with Gasteiger partial charge in [-0.25, -0.2) is 23.5 Å². The topological polar surface area (TPSA) is 76.9 Å². The Balaban J connectivity index is 3.00. The summed E-state index contributed by atoms with van der Waals surface area (Å²) in [4.78, 5) is 35.2. The van der Waals surface area contributed by atoms with Crippen LogP contribution in [0, 0.1) is 0 Å². The molecule has 0 atom stereocenters. The first-order chi connectivity index (χ1) is 5.70. The van der Waals surface area contributed by atoms with E-state index >= 15 is 0 Å². The molecule has 6 heteroatoms. The van der Waals surface area contributed by atoms with Crippen molar-refractivity contribution in [2.75, 3.05) is 0 Å². The summed E-state index contributed by atoms with van der Waals surface area (Å²) in [7, 11) is 0. The minimum atomic E-state index is -0.610. The maximum atomic E-state index is 11.2. The fourth-order valence-electron chi connectivity index (χ4n) is 1.33. The number of nitrogens with one attached hydrogen (secondary N) is 1. The van der Waals surface area contributed by atoms with Gasteiger partial charge in [0.05, 0.1) is 0 Å². The van der Waals surface area contributed by atoms with Gasteiger partial charge < -0.3 is 0 Å². The number of nitrogens with zero attached hydrogens (tertiary/aromatic N) is 2. The Kier molecular flexibility index (Phi) is 1.30. The fourth-order valence-corrected chi connectivity index (χ4v) is 1.33. The maximum Gasteiger partial charge on any atom is 0.336 e. The third kappa shape index (κ3) is 0.775. The standard InChI is InChI=1S/C6H7N3O3/c10-4-7-5(11)9-3-1-2-8(4)6(9)12/h1-3H2,(H,7,10,11). The van der Waals surface area contributed by atoms with Crippen molar-refractivity contribution in [3.05, 3.63) is 31.5 Å². The molecular formula is C6H7N3O3. The van der Waals surface area contributed by atoms with E-state index in [0.29, 0.717) is 19.5 Å². The average molecular weight is 169 g/mol. The third-order valence-electron chi connectivity index (χ3n) is 1.93. The second-order valence-electron chi connectivity index (χ2n) is 2.67. The van der Waals surface area contributed by atoms with Crippen LogP contribution in [-0.2, 0) is 13.1 Å². The van der Waals surface area contributed by atoms with Crippen molar-refractivity contribution >= 4 is 0 Å². The van der Waals surface area contributed by atoms with Gasteiger partial charge in [-0.3, -0.25) is 4.98 Å². The third-order valence-corrected chi connectivity index (χ3v) is 1.93. The van der Waals surface area contributed by atoms with E-state index in [1.165, 1.54) is 0 Å². The lowest BCUT2D eigenvalue weighted by Gasteiger charge is -2.13. The molecule has 2 heterocycles. The molecule has 0 aromatic carbocycles. The summed E-state index contributed by atoms with van der Waals surface area (Å²) in [5.41, 5.74) is -1.73. The molecule has 0 aliphatic carbocycles. The van der Waals surface area contributed by atoms with E-state index in [4.69, 9.17) is 0 Å². The van der Waals surface area contributed by atoms with Crippen molar-refractivity contribution in [2.45, 2.75) is 19.5 Å². The van der Waals surface area contributed by atoms with E-state index in [2.05, 4.69) is 4.98 Å². The van der Waals surface area contributed by atoms with E-state index in [1.807, 2.05) is 0 Å². The molecule has 0 spiro atoms. The minimum absolute atomic E-state index is 0.397. The quantitative estimate of drug-likeness (QED) is 0.493. The number of hydrogen-bond acceptors (Lipinski definition) is 3. The van der Waals surface area contributed by atoms with Crippen molar-refractivity contribution in [3.8, 4) is 0 Å². The highest BCUT2D eigenvalue weighted by atomic mass is 16.2. The Labute approximate surface area is 66.1 Å². The van der Waals surface area contributed by atoms with Crippen molar-refractivity contribution in [3.63, 3.8) is 0 Å². The molecule has 1 aliphatic rings. The Hall–Kier alpha value is -1.59. The van der Waals surface area contributed by atoms with Gasteiger partial charge in [0.25, 0.3) is 0 Å². The van der Waals surface area contributed by atoms with Crippen LogP contribution in [0.3, 0.4) is 0 Å². The van der Waals surface area contributed by atoms with Gasteiger partial charge in [0.2, 0.25) is 0 Å². The lowest BCUT2D eigenvalue weighted by atomic mass is 10.4. The van der Waals surface area contributed by atoms with E-state index < -0.39 is 17.1 Å². The zero-order valence-corrected chi connectivity index (χ0v) is 6.24. The molecule has 6 nitrogen and oxygen atoms in total. The molecule has 2 rings (SSSR count). The van der Waals surface area contributed by atoms with Gasteiger partial charge in [-0.15, -0.1) is 0 Å². The molecule has 1 aromatic heterocycles. The SMILES string of the molecule is O=c1[nH]c(=O)n2c(=O)n1CCC2.